The molecule has 1 N–H and O–H groups in total. The van der Waals surface area contributed by atoms with Crippen molar-refractivity contribution in [2.75, 3.05) is 31.1 Å². The van der Waals surface area contributed by atoms with Crippen LogP contribution in [0.4, 0.5) is 14.9 Å². The van der Waals surface area contributed by atoms with E-state index in [1.165, 1.54) is 6.07 Å². The fourth-order valence-corrected chi connectivity index (χ4v) is 2.85. The van der Waals surface area contributed by atoms with Crippen LogP contribution < -0.4 is 10.2 Å². The van der Waals surface area contributed by atoms with Crippen molar-refractivity contribution < 1.29 is 9.18 Å². The molecular weight excluding hydrogens is 319 g/mol. The third kappa shape index (κ3) is 4.07. The van der Waals surface area contributed by atoms with Gasteiger partial charge < -0.3 is 15.1 Å². The number of hydrogen-bond donors (Lipinski definition) is 1. The highest BCUT2D eigenvalue weighted by Crippen LogP contribution is 2.20. The number of piperazine rings is 1. The van der Waals surface area contributed by atoms with Crippen LogP contribution in [-0.2, 0) is 6.54 Å². The Hall–Kier alpha value is -3.07. The first-order valence-electron chi connectivity index (χ1n) is 8.18. The molecule has 1 aliphatic heterocycles. The zero-order valence-corrected chi connectivity index (χ0v) is 13.8. The van der Waals surface area contributed by atoms with E-state index in [9.17, 15) is 9.18 Å². The maximum absolute atomic E-state index is 13.8. The predicted molar refractivity (Wildman–Crippen MR) is 93.6 cm³/mol. The number of benzene rings is 2. The van der Waals surface area contributed by atoms with Gasteiger partial charge in [-0.25, -0.2) is 9.18 Å². The van der Waals surface area contributed by atoms with Crippen molar-refractivity contribution in [2.45, 2.75) is 6.54 Å². The Kier molecular flexibility index (Phi) is 5.14. The van der Waals surface area contributed by atoms with E-state index in [2.05, 4.69) is 11.4 Å². The van der Waals surface area contributed by atoms with Gasteiger partial charge in [-0.3, -0.25) is 0 Å². The number of nitrogens with one attached hydrogen (secondary N) is 1. The number of nitrogens with zero attached hydrogens (tertiary/aromatic N) is 3. The first-order chi connectivity index (χ1) is 12.2. The number of rotatable bonds is 3. The maximum atomic E-state index is 13.8. The van der Waals surface area contributed by atoms with E-state index in [1.807, 2.05) is 23.1 Å². The van der Waals surface area contributed by atoms with Crippen LogP contribution >= 0.6 is 0 Å². The van der Waals surface area contributed by atoms with Gasteiger partial charge in [-0.15, -0.1) is 0 Å². The lowest BCUT2D eigenvalue weighted by molar-refractivity contribution is 0.194. The third-order valence-electron chi connectivity index (χ3n) is 4.29. The summed E-state index contributed by atoms with van der Waals surface area (Å²) >= 11 is 0. The summed E-state index contributed by atoms with van der Waals surface area (Å²) < 4.78 is 13.8. The molecule has 0 saturated carbocycles. The molecular formula is C19H19FN4O. The van der Waals surface area contributed by atoms with Crippen LogP contribution in [0, 0.1) is 17.1 Å². The predicted octanol–water partition coefficient (Wildman–Crippen LogP) is 2.73. The summed E-state index contributed by atoms with van der Waals surface area (Å²) in [5.74, 6) is -0.235. The second-order valence-corrected chi connectivity index (χ2v) is 5.89. The van der Waals surface area contributed by atoms with Crippen molar-refractivity contribution in [3.05, 3.63) is 65.5 Å². The van der Waals surface area contributed by atoms with Crippen molar-refractivity contribution >= 4 is 11.7 Å². The maximum Gasteiger partial charge on any atom is 0.317 e. The van der Waals surface area contributed by atoms with E-state index in [4.69, 9.17) is 5.26 Å². The number of para-hydroxylation sites is 1. The number of halogens is 1. The van der Waals surface area contributed by atoms with Crippen molar-refractivity contribution in [1.29, 1.82) is 5.26 Å². The zero-order valence-electron chi connectivity index (χ0n) is 13.8. The smallest absolute Gasteiger partial charge is 0.317 e. The summed E-state index contributed by atoms with van der Waals surface area (Å²) in [5, 5.41) is 11.7. The van der Waals surface area contributed by atoms with Crippen LogP contribution in [0.2, 0.25) is 0 Å². The average Bonchev–Trinajstić information content (AvgIpc) is 2.67. The summed E-state index contributed by atoms with van der Waals surface area (Å²) in [6, 6.07) is 15.8. The second kappa shape index (κ2) is 7.67. The van der Waals surface area contributed by atoms with E-state index in [-0.39, 0.29) is 11.8 Å². The number of hydrogen-bond acceptors (Lipinski definition) is 3. The fraction of sp³-hybridized carbons (Fsp3) is 0.263. The van der Waals surface area contributed by atoms with Gasteiger partial charge in [-0.1, -0.05) is 24.3 Å². The number of nitriles is 1. The first-order valence-corrected chi connectivity index (χ1v) is 8.18. The summed E-state index contributed by atoms with van der Waals surface area (Å²) in [5.41, 5.74) is 2.12. The van der Waals surface area contributed by atoms with Gasteiger partial charge in [0.1, 0.15) is 5.82 Å². The Morgan fingerprint density at radius 1 is 1.08 bits per heavy atom. The van der Waals surface area contributed by atoms with Crippen molar-refractivity contribution in [3.8, 4) is 6.07 Å². The van der Waals surface area contributed by atoms with Crippen LogP contribution in [0.15, 0.2) is 48.5 Å². The fourth-order valence-electron chi connectivity index (χ4n) is 2.85. The number of carbonyl (C=O) groups excluding carboxylic acids is 1. The average molecular weight is 338 g/mol. The molecule has 25 heavy (non-hydrogen) atoms. The highest BCUT2D eigenvalue weighted by atomic mass is 19.1. The minimum Gasteiger partial charge on any atom is -0.366 e. The van der Waals surface area contributed by atoms with Crippen LogP contribution in [0.1, 0.15) is 11.1 Å². The second-order valence-electron chi connectivity index (χ2n) is 5.89. The van der Waals surface area contributed by atoms with Crippen molar-refractivity contribution in [2.24, 2.45) is 0 Å². The highest BCUT2D eigenvalue weighted by Gasteiger charge is 2.22. The van der Waals surface area contributed by atoms with Gasteiger partial charge in [0.15, 0.2) is 0 Å². The number of urea groups is 1. The minimum absolute atomic E-state index is 0.127. The molecule has 1 aliphatic rings. The van der Waals surface area contributed by atoms with E-state index in [0.717, 1.165) is 5.56 Å². The monoisotopic (exact) mass is 338 g/mol. The van der Waals surface area contributed by atoms with Crippen LogP contribution in [-0.4, -0.2) is 37.1 Å². The molecule has 0 radical (unpaired) electrons. The molecule has 1 heterocycles. The summed E-state index contributed by atoms with van der Waals surface area (Å²) in [4.78, 5) is 16.0. The molecule has 0 aromatic heterocycles. The first kappa shape index (κ1) is 16.8. The van der Waals surface area contributed by atoms with Gasteiger partial charge in [0.25, 0.3) is 0 Å². The van der Waals surface area contributed by atoms with E-state index in [0.29, 0.717) is 44.0 Å². The van der Waals surface area contributed by atoms with E-state index >= 15 is 0 Å². The van der Waals surface area contributed by atoms with Gasteiger partial charge in [0.2, 0.25) is 0 Å². The summed E-state index contributed by atoms with van der Waals surface area (Å²) in [6.45, 7) is 2.72. The Labute approximate surface area is 146 Å². The van der Waals surface area contributed by atoms with Gasteiger partial charge in [-0.2, -0.15) is 5.26 Å². The van der Waals surface area contributed by atoms with Crippen LogP contribution in [0.5, 0.6) is 0 Å². The van der Waals surface area contributed by atoms with Crippen molar-refractivity contribution in [3.63, 3.8) is 0 Å². The molecule has 2 amide bonds. The standard InChI is InChI=1S/C19H19FN4O/c20-17-3-1-2-4-18(17)23-9-11-24(12-10-23)19(25)22-14-16-7-5-15(13-21)6-8-16/h1-8H,9-12,14H2,(H,22,25). The minimum atomic E-state index is -0.235. The van der Waals surface area contributed by atoms with Crippen LogP contribution in [0.3, 0.4) is 0 Å². The number of carbonyl (C=O) groups is 1. The Morgan fingerprint density at radius 2 is 1.76 bits per heavy atom. The van der Waals surface area contributed by atoms with E-state index in [1.54, 1.807) is 29.2 Å². The van der Waals surface area contributed by atoms with E-state index < -0.39 is 0 Å². The molecule has 1 fully saturated rings. The number of anilines is 1. The molecule has 0 spiro atoms. The molecule has 2 aromatic carbocycles. The highest BCUT2D eigenvalue weighted by molar-refractivity contribution is 5.74. The molecule has 0 unspecified atom stereocenters. The molecule has 0 bridgehead atoms. The molecule has 128 valence electrons. The molecule has 5 nitrogen and oxygen atoms in total. The molecule has 6 heteroatoms. The molecule has 0 aliphatic carbocycles. The lowest BCUT2D eigenvalue weighted by Crippen LogP contribution is -2.51. The topological polar surface area (TPSA) is 59.4 Å². The van der Waals surface area contributed by atoms with Gasteiger partial charge in [0, 0.05) is 32.7 Å². The Balaban J connectivity index is 1.50. The largest absolute Gasteiger partial charge is 0.366 e. The van der Waals surface area contributed by atoms with Gasteiger partial charge in [0.05, 0.1) is 17.3 Å². The Bertz CT molecular complexity index is 777. The zero-order chi connectivity index (χ0) is 17.6. The van der Waals surface area contributed by atoms with Gasteiger partial charge >= 0.3 is 6.03 Å². The van der Waals surface area contributed by atoms with Crippen molar-refractivity contribution in [1.82, 2.24) is 10.2 Å². The molecule has 1 saturated heterocycles. The number of amides is 2. The summed E-state index contributed by atoms with van der Waals surface area (Å²) in [7, 11) is 0. The lowest BCUT2D eigenvalue weighted by atomic mass is 10.1. The Morgan fingerprint density at radius 3 is 2.40 bits per heavy atom. The molecule has 2 aromatic rings. The van der Waals surface area contributed by atoms with Gasteiger partial charge in [-0.05, 0) is 29.8 Å². The lowest BCUT2D eigenvalue weighted by Gasteiger charge is -2.36. The molecule has 3 rings (SSSR count). The summed E-state index contributed by atoms with van der Waals surface area (Å²) in [6.07, 6.45) is 0. The molecule has 0 atom stereocenters. The SMILES string of the molecule is N#Cc1ccc(CNC(=O)N2CCN(c3ccccc3F)CC2)cc1. The third-order valence-corrected chi connectivity index (χ3v) is 4.29. The normalized spacial score (nSPS) is 14.1. The quantitative estimate of drug-likeness (QED) is 0.936. The van der Waals surface area contributed by atoms with Crippen LogP contribution in [0.25, 0.3) is 0 Å².